The molecule has 0 bridgehead atoms. The minimum Gasteiger partial charge on any atom is -0.492 e. The molecule has 6 nitrogen and oxygen atoms in total. The summed E-state index contributed by atoms with van der Waals surface area (Å²) in [7, 11) is 1.56. The molecule has 0 unspecified atom stereocenters. The number of benzene rings is 1. The number of hydrazone groups is 1. The number of halogens is 1. The highest BCUT2D eigenvalue weighted by Crippen LogP contribution is 2.36. The van der Waals surface area contributed by atoms with Crippen LogP contribution in [0.25, 0.3) is 0 Å². The molecule has 0 saturated carbocycles. The number of carbonyl (C=O) groups is 1. The van der Waals surface area contributed by atoms with Crippen molar-refractivity contribution in [1.29, 1.82) is 0 Å². The lowest BCUT2D eigenvalue weighted by Crippen LogP contribution is -2.24. The van der Waals surface area contributed by atoms with Gasteiger partial charge < -0.3 is 15.2 Å². The van der Waals surface area contributed by atoms with E-state index in [0.29, 0.717) is 18.1 Å². The highest BCUT2D eigenvalue weighted by molar-refractivity contribution is 9.10. The largest absolute Gasteiger partial charge is 0.492 e. The molecule has 2 amide bonds. The van der Waals surface area contributed by atoms with Crippen molar-refractivity contribution in [2.45, 2.75) is 6.92 Å². The quantitative estimate of drug-likeness (QED) is 0.642. The van der Waals surface area contributed by atoms with E-state index in [1.165, 1.54) is 6.21 Å². The Bertz CT molecular complexity index is 463. The summed E-state index contributed by atoms with van der Waals surface area (Å²) < 4.78 is 11.4. The Morgan fingerprint density at radius 1 is 1.61 bits per heavy atom. The molecule has 1 aromatic rings. The maximum atomic E-state index is 10.5. The fourth-order valence-corrected chi connectivity index (χ4v) is 1.92. The highest BCUT2D eigenvalue weighted by atomic mass is 79.9. The fraction of sp³-hybridized carbons (Fsp3) is 0.273. The molecule has 0 saturated heterocycles. The molecule has 3 N–H and O–H groups in total. The Morgan fingerprint density at radius 2 is 2.33 bits per heavy atom. The Hall–Kier alpha value is -1.76. The van der Waals surface area contributed by atoms with E-state index in [4.69, 9.17) is 15.2 Å². The second-order valence-corrected chi connectivity index (χ2v) is 4.06. The molecule has 0 aromatic heterocycles. The predicted molar refractivity (Wildman–Crippen MR) is 72.2 cm³/mol. The van der Waals surface area contributed by atoms with E-state index in [9.17, 15) is 4.79 Å². The van der Waals surface area contributed by atoms with Gasteiger partial charge in [-0.3, -0.25) is 0 Å². The molecule has 1 aromatic carbocycles. The van der Waals surface area contributed by atoms with Gasteiger partial charge in [0.2, 0.25) is 0 Å². The number of urea groups is 1. The molecule has 0 aliphatic carbocycles. The van der Waals surface area contributed by atoms with Crippen LogP contribution in [0, 0.1) is 0 Å². The minimum absolute atomic E-state index is 0.517. The van der Waals surface area contributed by atoms with Gasteiger partial charge in [-0.1, -0.05) is 0 Å². The van der Waals surface area contributed by atoms with E-state index in [-0.39, 0.29) is 0 Å². The van der Waals surface area contributed by atoms with Gasteiger partial charge in [-0.25, -0.2) is 10.2 Å². The lowest BCUT2D eigenvalue weighted by atomic mass is 10.2. The third-order valence-corrected chi connectivity index (χ3v) is 2.51. The average molecular weight is 316 g/mol. The van der Waals surface area contributed by atoms with Crippen LogP contribution >= 0.6 is 15.9 Å². The lowest BCUT2D eigenvalue weighted by Gasteiger charge is -2.11. The summed E-state index contributed by atoms with van der Waals surface area (Å²) in [5.41, 5.74) is 7.74. The summed E-state index contributed by atoms with van der Waals surface area (Å²) in [6, 6.07) is 2.82. The van der Waals surface area contributed by atoms with Crippen LogP contribution in [0.5, 0.6) is 11.5 Å². The van der Waals surface area contributed by atoms with E-state index in [2.05, 4.69) is 26.5 Å². The first-order valence-corrected chi connectivity index (χ1v) is 5.96. The lowest BCUT2D eigenvalue weighted by molar-refractivity contribution is 0.249. The predicted octanol–water partition coefficient (Wildman–Crippen LogP) is 1.86. The van der Waals surface area contributed by atoms with Crippen LogP contribution in [-0.2, 0) is 0 Å². The molecule has 0 spiro atoms. The zero-order chi connectivity index (χ0) is 13.5. The molecule has 1 rings (SSSR count). The van der Waals surface area contributed by atoms with E-state index < -0.39 is 6.03 Å². The van der Waals surface area contributed by atoms with Crippen LogP contribution < -0.4 is 20.6 Å². The number of nitrogens with one attached hydrogen (secondary N) is 1. The number of rotatable bonds is 5. The first-order valence-electron chi connectivity index (χ1n) is 5.17. The van der Waals surface area contributed by atoms with E-state index >= 15 is 0 Å². The number of amides is 2. The molecule has 0 aliphatic heterocycles. The molecular formula is C11H14BrN3O3. The van der Waals surface area contributed by atoms with Gasteiger partial charge in [-0.05, 0) is 40.5 Å². The van der Waals surface area contributed by atoms with Crippen LogP contribution in [0.3, 0.4) is 0 Å². The number of nitrogens with two attached hydrogens (primary N) is 1. The van der Waals surface area contributed by atoms with Crippen molar-refractivity contribution in [2.75, 3.05) is 13.7 Å². The standard InChI is InChI=1S/C11H14BrN3O3/c1-3-18-9-5-7(6-14-15-11(13)16)4-8(12)10(9)17-2/h4-6H,3H2,1-2H3,(H3,13,15,16). The van der Waals surface area contributed by atoms with Crippen molar-refractivity contribution >= 4 is 28.2 Å². The van der Waals surface area contributed by atoms with Crippen LogP contribution in [0.15, 0.2) is 21.7 Å². The van der Waals surface area contributed by atoms with Gasteiger partial charge in [-0.15, -0.1) is 0 Å². The zero-order valence-electron chi connectivity index (χ0n) is 10.1. The third kappa shape index (κ3) is 3.92. The number of hydrogen-bond donors (Lipinski definition) is 2. The Morgan fingerprint density at radius 3 is 2.89 bits per heavy atom. The smallest absolute Gasteiger partial charge is 0.332 e. The van der Waals surface area contributed by atoms with Gasteiger partial charge in [0.25, 0.3) is 0 Å². The summed E-state index contributed by atoms with van der Waals surface area (Å²) in [6.45, 7) is 2.39. The second kappa shape index (κ2) is 6.85. The molecule has 0 heterocycles. The average Bonchev–Trinajstić information content (AvgIpc) is 2.28. The molecule has 0 atom stereocenters. The number of carbonyl (C=O) groups excluding carboxylic acids is 1. The van der Waals surface area contributed by atoms with Crippen LogP contribution in [0.4, 0.5) is 4.79 Å². The first-order chi connectivity index (χ1) is 8.58. The molecule has 7 heteroatoms. The topological polar surface area (TPSA) is 85.9 Å². The molecule has 18 heavy (non-hydrogen) atoms. The summed E-state index contributed by atoms with van der Waals surface area (Å²) in [6.07, 6.45) is 1.46. The van der Waals surface area contributed by atoms with Crippen LogP contribution in [-0.4, -0.2) is 26.0 Å². The molecule has 98 valence electrons. The third-order valence-electron chi connectivity index (χ3n) is 1.92. The normalized spacial score (nSPS) is 10.4. The van der Waals surface area contributed by atoms with Gasteiger partial charge in [0.15, 0.2) is 11.5 Å². The van der Waals surface area contributed by atoms with Gasteiger partial charge in [0.1, 0.15) is 0 Å². The molecular weight excluding hydrogens is 302 g/mol. The summed E-state index contributed by atoms with van der Waals surface area (Å²) in [4.78, 5) is 10.5. The highest BCUT2D eigenvalue weighted by Gasteiger charge is 2.10. The summed E-state index contributed by atoms with van der Waals surface area (Å²) in [5, 5.41) is 3.67. The maximum Gasteiger partial charge on any atom is 0.332 e. The second-order valence-electron chi connectivity index (χ2n) is 3.20. The Kier molecular flexibility index (Phi) is 5.44. The SMILES string of the molecule is CCOc1cc(C=NNC(N)=O)cc(Br)c1OC. The molecule has 0 aliphatic rings. The number of ether oxygens (including phenoxy) is 2. The number of primary amides is 1. The number of nitrogens with zero attached hydrogens (tertiary/aromatic N) is 1. The Balaban J connectivity index is 3.00. The van der Waals surface area contributed by atoms with Gasteiger partial charge >= 0.3 is 6.03 Å². The van der Waals surface area contributed by atoms with Gasteiger partial charge in [-0.2, -0.15) is 5.10 Å². The van der Waals surface area contributed by atoms with Crippen LogP contribution in [0.2, 0.25) is 0 Å². The van der Waals surface area contributed by atoms with E-state index in [1.807, 2.05) is 6.92 Å². The van der Waals surface area contributed by atoms with Crippen molar-refractivity contribution in [3.05, 3.63) is 22.2 Å². The molecule has 0 fully saturated rings. The first kappa shape index (κ1) is 14.3. The minimum atomic E-state index is -0.719. The van der Waals surface area contributed by atoms with Crippen molar-refractivity contribution in [3.63, 3.8) is 0 Å². The number of methoxy groups -OCH3 is 1. The zero-order valence-corrected chi connectivity index (χ0v) is 11.7. The van der Waals surface area contributed by atoms with Gasteiger partial charge in [0.05, 0.1) is 24.4 Å². The van der Waals surface area contributed by atoms with Crippen molar-refractivity contribution in [2.24, 2.45) is 10.8 Å². The monoisotopic (exact) mass is 315 g/mol. The van der Waals surface area contributed by atoms with E-state index in [1.54, 1.807) is 19.2 Å². The van der Waals surface area contributed by atoms with E-state index in [0.717, 1.165) is 10.0 Å². The number of hydrogen-bond acceptors (Lipinski definition) is 4. The summed E-state index contributed by atoms with van der Waals surface area (Å²) >= 11 is 3.37. The van der Waals surface area contributed by atoms with Crippen molar-refractivity contribution in [1.82, 2.24) is 5.43 Å². The Labute approximate surface area is 113 Å². The van der Waals surface area contributed by atoms with Gasteiger partial charge in [0, 0.05) is 0 Å². The van der Waals surface area contributed by atoms with Crippen molar-refractivity contribution in [3.8, 4) is 11.5 Å². The fourth-order valence-electron chi connectivity index (χ4n) is 1.29. The van der Waals surface area contributed by atoms with Crippen LogP contribution in [0.1, 0.15) is 12.5 Å². The molecule has 0 radical (unpaired) electrons. The van der Waals surface area contributed by atoms with Crippen molar-refractivity contribution < 1.29 is 14.3 Å². The maximum absolute atomic E-state index is 10.5. The summed E-state index contributed by atoms with van der Waals surface area (Å²) in [5.74, 6) is 1.20.